The Morgan fingerprint density at radius 2 is 1.87 bits per heavy atom. The highest BCUT2D eigenvalue weighted by Gasteiger charge is 2.51. The molecule has 1 aromatic heterocycles. The Morgan fingerprint density at radius 1 is 1.13 bits per heavy atom. The minimum Gasteiger partial charge on any atom is -0.465 e. The number of amides is 1. The van der Waals surface area contributed by atoms with Crippen molar-refractivity contribution in [2.45, 2.75) is 50.5 Å². The predicted octanol–water partition coefficient (Wildman–Crippen LogP) is 4.42. The Bertz CT molecular complexity index is 880. The van der Waals surface area contributed by atoms with Crippen LogP contribution in [0.15, 0.2) is 24.3 Å². The lowest BCUT2D eigenvalue weighted by Gasteiger charge is -2.37. The lowest BCUT2D eigenvalue weighted by atomic mass is 9.76. The van der Waals surface area contributed by atoms with Crippen LogP contribution in [0.2, 0.25) is 0 Å². The molecule has 2 aromatic rings. The number of carboxylic acid groups (broad SMARTS) is 1. The predicted molar refractivity (Wildman–Crippen MR) is 121 cm³/mol. The summed E-state index contributed by atoms with van der Waals surface area (Å²) in [5.41, 5.74) is -0.0764. The van der Waals surface area contributed by atoms with Gasteiger partial charge < -0.3 is 15.3 Å². The number of piperazine rings is 1. The molecule has 2 heterocycles. The molecule has 0 radical (unpaired) electrons. The van der Waals surface area contributed by atoms with Crippen molar-refractivity contribution >= 4 is 33.5 Å². The van der Waals surface area contributed by atoms with Crippen LogP contribution in [0.5, 0.6) is 0 Å². The fraction of sp³-hybridized carbons (Fsp3) is 0.652. The van der Waals surface area contributed by atoms with Gasteiger partial charge in [0.25, 0.3) is 0 Å². The van der Waals surface area contributed by atoms with Gasteiger partial charge in [0.15, 0.2) is 0 Å². The Balaban J connectivity index is 1.06. The van der Waals surface area contributed by atoms with Gasteiger partial charge in [-0.2, -0.15) is 4.37 Å². The van der Waals surface area contributed by atoms with Gasteiger partial charge in [-0.05, 0) is 74.1 Å². The van der Waals surface area contributed by atoms with Crippen LogP contribution >= 0.6 is 11.5 Å². The number of fused-ring (bicyclic) bond motifs is 1. The number of benzene rings is 1. The summed E-state index contributed by atoms with van der Waals surface area (Å²) < 4.78 is 6.00. The number of nitrogens with zero attached hydrogens (tertiary/aromatic N) is 3. The molecule has 5 rings (SSSR count). The van der Waals surface area contributed by atoms with Gasteiger partial charge in [-0.1, -0.05) is 25.0 Å². The maximum atomic E-state index is 11.1. The first-order valence-corrected chi connectivity index (χ1v) is 12.2. The lowest BCUT2D eigenvalue weighted by Crippen LogP contribution is -2.47. The average molecular weight is 429 g/mol. The van der Waals surface area contributed by atoms with Crippen molar-refractivity contribution in [3.63, 3.8) is 0 Å². The molecule has 1 saturated heterocycles. The normalized spacial score (nSPS) is 26.6. The molecule has 6 nitrogen and oxygen atoms in total. The molecule has 3 fully saturated rings. The third-order valence-electron chi connectivity index (χ3n) is 7.66. The van der Waals surface area contributed by atoms with Gasteiger partial charge in [0.05, 0.1) is 4.70 Å². The SMILES string of the molecule is O=C(O)NC1(C2CCC(CCN3CCN(c4nsc5ccccc45)CC3)CC2)CC1. The number of rotatable bonds is 6. The van der Waals surface area contributed by atoms with Crippen LogP contribution in [0, 0.1) is 11.8 Å². The van der Waals surface area contributed by atoms with Crippen molar-refractivity contribution in [2.24, 2.45) is 11.8 Å². The van der Waals surface area contributed by atoms with Gasteiger partial charge in [0.1, 0.15) is 5.82 Å². The zero-order chi connectivity index (χ0) is 20.6. The fourth-order valence-electron chi connectivity index (χ4n) is 5.64. The number of carbonyl (C=O) groups is 1. The van der Waals surface area contributed by atoms with Crippen molar-refractivity contribution in [3.8, 4) is 0 Å². The molecule has 1 amide bonds. The first-order valence-electron chi connectivity index (χ1n) is 11.5. The van der Waals surface area contributed by atoms with Crippen LogP contribution in [0.1, 0.15) is 44.9 Å². The molecule has 1 aliphatic heterocycles. The van der Waals surface area contributed by atoms with E-state index in [1.165, 1.54) is 48.7 Å². The van der Waals surface area contributed by atoms with Gasteiger partial charge in [-0.3, -0.25) is 4.90 Å². The van der Waals surface area contributed by atoms with Crippen molar-refractivity contribution in [1.29, 1.82) is 0 Å². The van der Waals surface area contributed by atoms with Gasteiger partial charge in [0.2, 0.25) is 0 Å². The van der Waals surface area contributed by atoms with Gasteiger partial charge in [-0.25, -0.2) is 4.79 Å². The van der Waals surface area contributed by atoms with Gasteiger partial charge in [-0.15, -0.1) is 0 Å². The fourth-order valence-corrected chi connectivity index (χ4v) is 6.43. The molecule has 0 bridgehead atoms. The van der Waals surface area contributed by atoms with Crippen LogP contribution in [-0.2, 0) is 0 Å². The largest absolute Gasteiger partial charge is 0.465 e. The minimum absolute atomic E-state index is 0.0764. The standard InChI is InChI=1S/C23H32N4O2S/c28-22(29)24-23(10-11-23)18-7-5-17(6-8-18)9-12-26-13-15-27(16-14-26)21-19-3-1-2-4-20(19)30-25-21/h1-4,17-18,24H,5-16H2,(H,28,29). The summed E-state index contributed by atoms with van der Waals surface area (Å²) in [5, 5.41) is 13.2. The smallest absolute Gasteiger partial charge is 0.405 e. The molecule has 7 heteroatoms. The van der Waals surface area contributed by atoms with Gasteiger partial charge in [0, 0.05) is 37.1 Å². The highest BCUT2D eigenvalue weighted by Crippen LogP contribution is 2.49. The second-order valence-corrected chi connectivity index (χ2v) is 10.2. The number of nitrogens with one attached hydrogen (secondary N) is 1. The third-order valence-corrected chi connectivity index (χ3v) is 8.47. The molecule has 2 aliphatic carbocycles. The quantitative estimate of drug-likeness (QED) is 0.713. The summed E-state index contributed by atoms with van der Waals surface area (Å²) >= 11 is 1.60. The molecule has 0 unspecified atom stereocenters. The van der Waals surface area contributed by atoms with E-state index in [2.05, 4.69) is 39.4 Å². The monoisotopic (exact) mass is 428 g/mol. The van der Waals surface area contributed by atoms with Gasteiger partial charge >= 0.3 is 6.09 Å². The molecule has 0 atom stereocenters. The summed E-state index contributed by atoms with van der Waals surface area (Å²) in [4.78, 5) is 16.1. The Labute approximate surface area is 182 Å². The first-order chi connectivity index (χ1) is 14.6. The highest BCUT2D eigenvalue weighted by molar-refractivity contribution is 7.13. The van der Waals surface area contributed by atoms with E-state index >= 15 is 0 Å². The topological polar surface area (TPSA) is 68.7 Å². The van der Waals surface area contributed by atoms with Crippen LogP contribution in [0.3, 0.4) is 0 Å². The average Bonchev–Trinajstić information content (AvgIpc) is 3.41. The molecule has 1 aromatic carbocycles. The van der Waals surface area contributed by atoms with Crippen molar-refractivity contribution < 1.29 is 9.90 Å². The molecule has 30 heavy (non-hydrogen) atoms. The van der Waals surface area contributed by atoms with Crippen molar-refractivity contribution in [2.75, 3.05) is 37.6 Å². The van der Waals surface area contributed by atoms with E-state index in [1.54, 1.807) is 11.5 Å². The van der Waals surface area contributed by atoms with E-state index in [-0.39, 0.29) is 5.54 Å². The maximum absolute atomic E-state index is 11.1. The maximum Gasteiger partial charge on any atom is 0.405 e. The second kappa shape index (κ2) is 8.35. The van der Waals surface area contributed by atoms with E-state index in [4.69, 9.17) is 9.48 Å². The van der Waals surface area contributed by atoms with Crippen LogP contribution in [-0.4, -0.2) is 58.7 Å². The Morgan fingerprint density at radius 3 is 2.57 bits per heavy atom. The van der Waals surface area contributed by atoms with Crippen LogP contribution < -0.4 is 10.2 Å². The van der Waals surface area contributed by atoms with E-state index in [9.17, 15) is 4.79 Å². The summed E-state index contributed by atoms with van der Waals surface area (Å²) in [6.45, 7) is 5.55. The highest BCUT2D eigenvalue weighted by atomic mass is 32.1. The molecular weight excluding hydrogens is 396 g/mol. The van der Waals surface area contributed by atoms with E-state index in [1.807, 2.05) is 0 Å². The molecule has 2 saturated carbocycles. The summed E-state index contributed by atoms with van der Waals surface area (Å²) in [5.74, 6) is 2.53. The molecular formula is C23H32N4O2S. The van der Waals surface area contributed by atoms with Crippen LogP contribution in [0.25, 0.3) is 10.1 Å². The second-order valence-electron chi connectivity index (χ2n) is 9.42. The molecule has 0 spiro atoms. The number of aromatic nitrogens is 1. The molecule has 3 aliphatic rings. The summed E-state index contributed by atoms with van der Waals surface area (Å²) in [6, 6.07) is 8.54. The van der Waals surface area contributed by atoms with E-state index in [0.29, 0.717) is 5.92 Å². The Hall–Kier alpha value is -1.86. The van der Waals surface area contributed by atoms with E-state index < -0.39 is 6.09 Å². The number of anilines is 1. The summed E-state index contributed by atoms with van der Waals surface area (Å²) in [6.07, 6.45) is 7.41. The Kier molecular flexibility index (Phi) is 5.58. The molecule has 2 N–H and O–H groups in total. The first kappa shape index (κ1) is 20.1. The third kappa shape index (κ3) is 4.14. The lowest BCUT2D eigenvalue weighted by molar-refractivity contribution is 0.158. The number of hydrogen-bond donors (Lipinski definition) is 2. The summed E-state index contributed by atoms with van der Waals surface area (Å²) in [7, 11) is 0. The van der Waals surface area contributed by atoms with E-state index in [0.717, 1.165) is 50.8 Å². The zero-order valence-electron chi connectivity index (χ0n) is 17.6. The van der Waals surface area contributed by atoms with Crippen molar-refractivity contribution in [1.82, 2.24) is 14.6 Å². The van der Waals surface area contributed by atoms with Crippen LogP contribution in [0.4, 0.5) is 10.6 Å². The minimum atomic E-state index is -0.848. The van der Waals surface area contributed by atoms with Crippen molar-refractivity contribution in [3.05, 3.63) is 24.3 Å². The molecule has 162 valence electrons. The zero-order valence-corrected chi connectivity index (χ0v) is 18.4. The number of hydrogen-bond acceptors (Lipinski definition) is 5.